The van der Waals surface area contributed by atoms with Crippen LogP contribution >= 0.6 is 0 Å². The molecule has 3 fully saturated rings. The third-order valence-corrected chi connectivity index (χ3v) is 10.9. The van der Waals surface area contributed by atoms with Gasteiger partial charge in [-0.25, -0.2) is 22.3 Å². The molecule has 2 heterocycles. The van der Waals surface area contributed by atoms with Gasteiger partial charge in [-0.05, 0) is 62.8 Å². The van der Waals surface area contributed by atoms with Crippen molar-refractivity contribution in [2.24, 2.45) is 5.92 Å². The van der Waals surface area contributed by atoms with Gasteiger partial charge < -0.3 is 5.11 Å². The lowest BCUT2D eigenvalue weighted by molar-refractivity contribution is -0.200. The SMILES string of the molecule is CC1C(=O)N(C)O[C@H]1[C@]1(c2cc(F)c(CN3[C@@H](C)CC[C@H](c4ccccc4)S3(=O)=O)cc2F)C[C@@](C)(O)C1. The highest BCUT2D eigenvalue weighted by molar-refractivity contribution is 7.89. The third kappa shape index (κ3) is 4.35. The first-order chi connectivity index (χ1) is 17.8. The summed E-state index contributed by atoms with van der Waals surface area (Å²) in [5.74, 6) is -2.32. The van der Waals surface area contributed by atoms with Crippen LogP contribution in [0.5, 0.6) is 0 Å². The molecule has 2 aliphatic heterocycles. The number of hydroxylamine groups is 2. The maximum atomic E-state index is 15.8. The highest BCUT2D eigenvalue weighted by Gasteiger charge is 2.62. The molecule has 2 aromatic rings. The number of aliphatic hydroxyl groups is 1. The van der Waals surface area contributed by atoms with Gasteiger partial charge >= 0.3 is 0 Å². The molecule has 0 spiro atoms. The van der Waals surface area contributed by atoms with Gasteiger partial charge in [0.1, 0.15) is 23.0 Å². The summed E-state index contributed by atoms with van der Waals surface area (Å²) in [5, 5.41) is 10.9. The van der Waals surface area contributed by atoms with Crippen molar-refractivity contribution >= 4 is 15.9 Å². The lowest BCUT2D eigenvalue weighted by Crippen LogP contribution is -2.60. The van der Waals surface area contributed by atoms with Crippen molar-refractivity contribution in [1.82, 2.24) is 9.37 Å². The number of nitrogens with zero attached hydrogens (tertiary/aromatic N) is 2. The standard InChI is InChI=1S/C28H34F2N2O5S/c1-17-10-11-24(19-8-6-5-7-9-19)38(35,36)32(17)14-20-12-23(30)21(13-22(20)29)28(15-27(3,34)16-28)25-18(2)26(33)31(4)37-25/h5-9,12-13,17-18,24-25,34H,10-11,14-16H2,1-4H3/t17-,18?,24+,25+,27-,28-/m0/s1. The van der Waals surface area contributed by atoms with Crippen LogP contribution in [0.15, 0.2) is 42.5 Å². The second-order valence-electron chi connectivity index (χ2n) is 11.5. The zero-order valence-corrected chi connectivity index (χ0v) is 22.8. The molecule has 0 aromatic heterocycles. The molecule has 1 aliphatic carbocycles. The summed E-state index contributed by atoms with van der Waals surface area (Å²) >= 11 is 0. The molecule has 5 rings (SSSR count). The molecule has 4 atom stereocenters. The fraction of sp³-hybridized carbons (Fsp3) is 0.536. The van der Waals surface area contributed by atoms with E-state index in [1.807, 2.05) is 6.07 Å². The number of sulfonamides is 1. The van der Waals surface area contributed by atoms with Gasteiger partial charge in [-0.1, -0.05) is 37.3 Å². The molecular weight excluding hydrogens is 514 g/mol. The van der Waals surface area contributed by atoms with Crippen molar-refractivity contribution in [3.63, 3.8) is 0 Å². The Hall–Kier alpha value is -2.40. The van der Waals surface area contributed by atoms with Gasteiger partial charge in [-0.3, -0.25) is 9.63 Å². The molecule has 0 radical (unpaired) electrons. The van der Waals surface area contributed by atoms with E-state index in [2.05, 4.69) is 0 Å². The van der Waals surface area contributed by atoms with E-state index in [4.69, 9.17) is 4.84 Å². The molecular formula is C28H34F2N2O5S. The summed E-state index contributed by atoms with van der Waals surface area (Å²) in [4.78, 5) is 18.2. The molecule has 206 valence electrons. The summed E-state index contributed by atoms with van der Waals surface area (Å²) in [7, 11) is -2.35. The van der Waals surface area contributed by atoms with E-state index in [0.29, 0.717) is 18.4 Å². The minimum Gasteiger partial charge on any atom is -0.390 e. The van der Waals surface area contributed by atoms with Crippen LogP contribution in [0.25, 0.3) is 0 Å². The number of hydrogen-bond donors (Lipinski definition) is 1. The normalized spacial score (nSPS) is 35.3. The average molecular weight is 549 g/mol. The minimum absolute atomic E-state index is 0.0296. The zero-order chi connectivity index (χ0) is 27.6. The van der Waals surface area contributed by atoms with E-state index in [1.165, 1.54) is 11.4 Å². The smallest absolute Gasteiger partial charge is 0.251 e. The van der Waals surface area contributed by atoms with Crippen molar-refractivity contribution in [3.05, 3.63) is 70.8 Å². The fourth-order valence-corrected chi connectivity index (χ4v) is 8.96. The number of rotatable bonds is 5. The second kappa shape index (κ2) is 9.36. The van der Waals surface area contributed by atoms with Gasteiger partial charge in [0.15, 0.2) is 0 Å². The van der Waals surface area contributed by atoms with Gasteiger partial charge in [-0.2, -0.15) is 4.31 Å². The van der Waals surface area contributed by atoms with Crippen LogP contribution in [0.1, 0.15) is 68.4 Å². The first-order valence-electron chi connectivity index (χ1n) is 13.0. The minimum atomic E-state index is -3.83. The fourth-order valence-electron chi connectivity index (χ4n) is 6.77. The lowest BCUT2D eigenvalue weighted by Gasteiger charge is -2.55. The molecule has 2 aromatic carbocycles. The van der Waals surface area contributed by atoms with Crippen molar-refractivity contribution in [1.29, 1.82) is 0 Å². The van der Waals surface area contributed by atoms with Crippen LogP contribution in [0.2, 0.25) is 0 Å². The maximum absolute atomic E-state index is 15.8. The number of benzene rings is 2. The number of carbonyl (C=O) groups excluding carboxylic acids is 1. The van der Waals surface area contributed by atoms with E-state index in [0.717, 1.165) is 17.2 Å². The Balaban J connectivity index is 1.48. The predicted molar refractivity (Wildman–Crippen MR) is 137 cm³/mol. The molecule has 1 N–H and O–H groups in total. The van der Waals surface area contributed by atoms with E-state index in [9.17, 15) is 18.3 Å². The van der Waals surface area contributed by atoms with Crippen LogP contribution in [-0.4, -0.2) is 53.6 Å². The second-order valence-corrected chi connectivity index (χ2v) is 13.6. The predicted octanol–water partition coefficient (Wildman–Crippen LogP) is 4.21. The maximum Gasteiger partial charge on any atom is 0.251 e. The molecule has 7 nitrogen and oxygen atoms in total. The topological polar surface area (TPSA) is 87.2 Å². The van der Waals surface area contributed by atoms with Gasteiger partial charge in [0, 0.05) is 30.6 Å². The van der Waals surface area contributed by atoms with Gasteiger partial charge in [0.2, 0.25) is 10.0 Å². The van der Waals surface area contributed by atoms with Crippen molar-refractivity contribution in [2.45, 2.75) is 81.4 Å². The Labute approximate surface area is 222 Å². The summed E-state index contributed by atoms with van der Waals surface area (Å²) < 4.78 is 59.8. The summed E-state index contributed by atoms with van der Waals surface area (Å²) in [6.45, 7) is 4.78. The Morgan fingerprint density at radius 2 is 1.74 bits per heavy atom. The van der Waals surface area contributed by atoms with Crippen LogP contribution in [0.4, 0.5) is 8.78 Å². The number of carbonyl (C=O) groups is 1. The van der Waals surface area contributed by atoms with Crippen LogP contribution in [-0.2, 0) is 31.6 Å². The molecule has 0 bridgehead atoms. The lowest BCUT2D eigenvalue weighted by atomic mass is 9.52. The van der Waals surface area contributed by atoms with Crippen LogP contribution in [0, 0.1) is 17.6 Å². The molecule has 1 saturated carbocycles. The first-order valence-corrected chi connectivity index (χ1v) is 14.5. The third-order valence-electron chi connectivity index (χ3n) is 8.56. The van der Waals surface area contributed by atoms with Gasteiger partial charge in [0.05, 0.1) is 11.5 Å². The largest absolute Gasteiger partial charge is 0.390 e. The van der Waals surface area contributed by atoms with Gasteiger partial charge in [0.25, 0.3) is 5.91 Å². The highest BCUT2D eigenvalue weighted by atomic mass is 32.2. The summed E-state index contributed by atoms with van der Waals surface area (Å²) in [6.07, 6.45) is 0.478. The monoisotopic (exact) mass is 548 g/mol. The van der Waals surface area contributed by atoms with E-state index >= 15 is 8.78 Å². The zero-order valence-electron chi connectivity index (χ0n) is 22.0. The molecule has 10 heteroatoms. The first kappa shape index (κ1) is 27.2. The summed E-state index contributed by atoms with van der Waals surface area (Å²) in [5.41, 5.74) is -1.57. The number of hydrogen-bond acceptors (Lipinski definition) is 5. The van der Waals surface area contributed by atoms with Gasteiger partial charge in [-0.15, -0.1) is 0 Å². The summed E-state index contributed by atoms with van der Waals surface area (Å²) in [6, 6.07) is 10.7. The molecule has 1 amide bonds. The van der Waals surface area contributed by atoms with Crippen LogP contribution in [0.3, 0.4) is 0 Å². The van der Waals surface area contributed by atoms with Crippen molar-refractivity contribution in [2.75, 3.05) is 7.05 Å². The molecule has 2 saturated heterocycles. The highest BCUT2D eigenvalue weighted by Crippen LogP contribution is 2.57. The number of amides is 1. The van der Waals surface area contributed by atoms with Crippen LogP contribution < -0.4 is 0 Å². The average Bonchev–Trinajstić information content (AvgIpc) is 3.09. The van der Waals surface area contributed by atoms with Crippen molar-refractivity contribution < 1.29 is 31.9 Å². The number of halogens is 2. The van der Waals surface area contributed by atoms with E-state index in [-0.39, 0.29) is 42.5 Å². The Morgan fingerprint density at radius 3 is 2.32 bits per heavy atom. The Bertz CT molecular complexity index is 1340. The molecule has 1 unspecified atom stereocenters. The molecule has 3 aliphatic rings. The van der Waals surface area contributed by atoms with Crippen molar-refractivity contribution in [3.8, 4) is 0 Å². The van der Waals surface area contributed by atoms with E-state index in [1.54, 1.807) is 45.0 Å². The quantitative estimate of drug-likeness (QED) is 0.605. The Kier molecular flexibility index (Phi) is 6.69. The molecule has 38 heavy (non-hydrogen) atoms. The van der Waals surface area contributed by atoms with E-state index < -0.39 is 49.9 Å². The Morgan fingerprint density at radius 1 is 1.08 bits per heavy atom.